The van der Waals surface area contributed by atoms with Crippen molar-refractivity contribution in [3.63, 3.8) is 0 Å². The lowest BCUT2D eigenvalue weighted by Crippen LogP contribution is -2.38. The molecule has 1 heterocycles. The van der Waals surface area contributed by atoms with Gasteiger partial charge in [0.05, 0.1) is 34.8 Å². The Balaban J connectivity index is 1.68. The number of alkyl halides is 3. The molecule has 0 spiro atoms. The summed E-state index contributed by atoms with van der Waals surface area (Å²) in [7, 11) is 2.97. The zero-order valence-electron chi connectivity index (χ0n) is 18.3. The molecule has 1 aliphatic carbocycles. The Morgan fingerprint density at radius 3 is 2.56 bits per heavy atom. The maximum absolute atomic E-state index is 14.5. The SMILES string of the molecule is CNC(=O)c1ccc(C2=CC3C(CC2)N(c2ccc(C#N)c(C(F)(F)F)c2)C(=O)N3C)cc1F. The number of likely N-dealkylation sites (N-methyl/N-ethyl adjacent to an activating group) is 1. The highest BCUT2D eigenvalue weighted by molar-refractivity contribution is 5.97. The molecule has 6 nitrogen and oxygen atoms in total. The molecule has 1 N–H and O–H groups in total. The van der Waals surface area contributed by atoms with Crippen molar-refractivity contribution < 1.29 is 27.2 Å². The lowest BCUT2D eigenvalue weighted by Gasteiger charge is -2.30. The molecule has 34 heavy (non-hydrogen) atoms. The van der Waals surface area contributed by atoms with Gasteiger partial charge in [0.1, 0.15) is 5.82 Å². The van der Waals surface area contributed by atoms with E-state index >= 15 is 0 Å². The fourth-order valence-electron chi connectivity index (χ4n) is 4.56. The standard InChI is InChI=1S/C24H20F4N4O2/c1-30-22(33)17-7-4-13(9-19(17)25)14-5-8-20-21(10-14)31(2)23(34)32(20)16-6-3-15(12-29)18(11-16)24(26,27)28/h3-4,6-7,9-11,20-21H,5,8H2,1-2H3,(H,30,33). The Kier molecular flexibility index (Phi) is 5.81. The van der Waals surface area contributed by atoms with Crippen LogP contribution in [0, 0.1) is 17.1 Å². The second-order valence-electron chi connectivity index (χ2n) is 8.17. The molecule has 3 amide bonds. The number of fused-ring (bicyclic) bond motifs is 1. The van der Waals surface area contributed by atoms with Crippen LogP contribution in [0.1, 0.15) is 39.9 Å². The minimum atomic E-state index is -4.74. The molecule has 4 rings (SSSR count). The van der Waals surface area contributed by atoms with Gasteiger partial charge in [0.25, 0.3) is 5.91 Å². The van der Waals surface area contributed by atoms with Crippen LogP contribution in [0.5, 0.6) is 0 Å². The maximum Gasteiger partial charge on any atom is 0.417 e. The van der Waals surface area contributed by atoms with Gasteiger partial charge in [0.2, 0.25) is 0 Å². The first-order chi connectivity index (χ1) is 16.1. The predicted molar refractivity (Wildman–Crippen MR) is 116 cm³/mol. The van der Waals surface area contributed by atoms with Crippen LogP contribution < -0.4 is 10.2 Å². The van der Waals surface area contributed by atoms with E-state index in [2.05, 4.69) is 5.32 Å². The number of amides is 3. The normalized spacial score (nSPS) is 20.0. The molecule has 2 atom stereocenters. The molecular formula is C24H20F4N4O2. The summed E-state index contributed by atoms with van der Waals surface area (Å²) in [5.41, 5.74) is -0.276. The first-order valence-electron chi connectivity index (χ1n) is 10.5. The highest BCUT2D eigenvalue weighted by Crippen LogP contribution is 2.41. The fraction of sp³-hybridized carbons (Fsp3) is 0.292. The Morgan fingerprint density at radius 2 is 1.94 bits per heavy atom. The number of nitrogens with one attached hydrogen (secondary N) is 1. The number of hydrogen-bond acceptors (Lipinski definition) is 3. The molecule has 0 bridgehead atoms. The van der Waals surface area contributed by atoms with E-state index in [1.165, 1.54) is 35.0 Å². The third kappa shape index (κ3) is 3.87. The maximum atomic E-state index is 14.5. The van der Waals surface area contributed by atoms with Crippen molar-refractivity contribution in [3.05, 3.63) is 70.5 Å². The van der Waals surface area contributed by atoms with E-state index in [-0.39, 0.29) is 11.3 Å². The van der Waals surface area contributed by atoms with E-state index in [1.807, 2.05) is 6.08 Å². The van der Waals surface area contributed by atoms with Gasteiger partial charge in [-0.25, -0.2) is 9.18 Å². The number of rotatable bonds is 3. The van der Waals surface area contributed by atoms with Crippen LogP contribution >= 0.6 is 0 Å². The van der Waals surface area contributed by atoms with Crippen molar-refractivity contribution in [1.82, 2.24) is 10.2 Å². The van der Waals surface area contributed by atoms with Crippen LogP contribution in [-0.4, -0.2) is 43.0 Å². The third-order valence-electron chi connectivity index (χ3n) is 6.28. The lowest BCUT2D eigenvalue weighted by atomic mass is 9.87. The molecular weight excluding hydrogens is 452 g/mol. The summed E-state index contributed by atoms with van der Waals surface area (Å²) in [4.78, 5) is 27.5. The zero-order valence-corrected chi connectivity index (χ0v) is 18.3. The van der Waals surface area contributed by atoms with Gasteiger partial charge >= 0.3 is 12.2 Å². The van der Waals surface area contributed by atoms with Crippen molar-refractivity contribution in [2.75, 3.05) is 19.0 Å². The topological polar surface area (TPSA) is 76.4 Å². The van der Waals surface area contributed by atoms with E-state index in [0.717, 1.165) is 17.7 Å². The zero-order chi connectivity index (χ0) is 24.8. The lowest BCUT2D eigenvalue weighted by molar-refractivity contribution is -0.137. The van der Waals surface area contributed by atoms with Crippen molar-refractivity contribution in [1.29, 1.82) is 5.26 Å². The van der Waals surface area contributed by atoms with Crippen molar-refractivity contribution in [3.8, 4) is 6.07 Å². The van der Waals surface area contributed by atoms with Crippen molar-refractivity contribution in [2.45, 2.75) is 31.1 Å². The molecule has 176 valence electrons. The Hall–Kier alpha value is -3.87. The van der Waals surface area contributed by atoms with Gasteiger partial charge in [-0.3, -0.25) is 9.69 Å². The Morgan fingerprint density at radius 1 is 1.21 bits per heavy atom. The summed E-state index contributed by atoms with van der Waals surface area (Å²) in [5.74, 6) is -1.21. The van der Waals surface area contributed by atoms with E-state index in [9.17, 15) is 27.2 Å². The second-order valence-corrected chi connectivity index (χ2v) is 8.17. The van der Waals surface area contributed by atoms with Crippen LogP contribution in [0.4, 0.5) is 28.0 Å². The molecule has 0 aromatic heterocycles. The number of urea groups is 1. The molecule has 2 aromatic rings. The number of benzene rings is 2. The fourth-order valence-corrected chi connectivity index (χ4v) is 4.56. The summed E-state index contributed by atoms with van der Waals surface area (Å²) in [6.07, 6.45) is -2.03. The highest BCUT2D eigenvalue weighted by atomic mass is 19.4. The molecule has 1 saturated heterocycles. The van der Waals surface area contributed by atoms with Crippen LogP contribution in [0.25, 0.3) is 5.57 Å². The summed E-state index contributed by atoms with van der Waals surface area (Å²) in [5, 5.41) is 11.4. The van der Waals surface area contributed by atoms with E-state index in [1.54, 1.807) is 19.2 Å². The van der Waals surface area contributed by atoms with Crippen LogP contribution in [0.3, 0.4) is 0 Å². The smallest absolute Gasteiger partial charge is 0.355 e. The van der Waals surface area contributed by atoms with E-state index in [0.29, 0.717) is 18.4 Å². The number of anilines is 1. The molecule has 2 aliphatic rings. The third-order valence-corrected chi connectivity index (χ3v) is 6.28. The Bertz CT molecular complexity index is 1250. The van der Waals surface area contributed by atoms with Crippen LogP contribution in [0.15, 0.2) is 42.5 Å². The molecule has 1 aliphatic heterocycles. The first-order valence-corrected chi connectivity index (χ1v) is 10.5. The molecule has 10 heteroatoms. The summed E-state index contributed by atoms with van der Waals surface area (Å²) in [6.45, 7) is 0. The first kappa shape index (κ1) is 23.3. The summed E-state index contributed by atoms with van der Waals surface area (Å²) < 4.78 is 54.8. The minimum absolute atomic E-state index is 0.0634. The largest absolute Gasteiger partial charge is 0.417 e. The summed E-state index contributed by atoms with van der Waals surface area (Å²) >= 11 is 0. The molecule has 2 unspecified atom stereocenters. The number of carbonyl (C=O) groups is 2. The predicted octanol–water partition coefficient (Wildman–Crippen LogP) is 4.56. The van der Waals surface area contributed by atoms with Gasteiger partial charge in [0, 0.05) is 19.8 Å². The molecule has 1 fully saturated rings. The van der Waals surface area contributed by atoms with Gasteiger partial charge < -0.3 is 10.2 Å². The van der Waals surface area contributed by atoms with Gasteiger partial charge in [0.15, 0.2) is 0 Å². The van der Waals surface area contributed by atoms with Crippen LogP contribution in [-0.2, 0) is 6.18 Å². The van der Waals surface area contributed by atoms with Gasteiger partial charge in [-0.15, -0.1) is 0 Å². The monoisotopic (exact) mass is 472 g/mol. The van der Waals surface area contributed by atoms with Gasteiger partial charge in [-0.05, 0) is 54.3 Å². The average molecular weight is 472 g/mol. The number of nitrogens with zero attached hydrogens (tertiary/aromatic N) is 3. The Labute approximate surface area is 193 Å². The highest BCUT2D eigenvalue weighted by Gasteiger charge is 2.46. The molecule has 0 radical (unpaired) electrons. The molecule has 2 aromatic carbocycles. The number of halogens is 4. The molecule has 0 saturated carbocycles. The van der Waals surface area contributed by atoms with E-state index in [4.69, 9.17) is 5.26 Å². The number of carbonyl (C=O) groups excluding carboxylic acids is 2. The average Bonchev–Trinajstić information content (AvgIpc) is 3.07. The second kappa shape index (κ2) is 8.48. The minimum Gasteiger partial charge on any atom is -0.355 e. The van der Waals surface area contributed by atoms with Gasteiger partial charge in [-0.2, -0.15) is 18.4 Å². The number of allylic oxidation sites excluding steroid dienone is 1. The van der Waals surface area contributed by atoms with E-state index < -0.39 is 47.1 Å². The van der Waals surface area contributed by atoms with Gasteiger partial charge in [-0.1, -0.05) is 12.1 Å². The van der Waals surface area contributed by atoms with Crippen molar-refractivity contribution >= 4 is 23.2 Å². The van der Waals surface area contributed by atoms with Crippen LogP contribution in [0.2, 0.25) is 0 Å². The summed E-state index contributed by atoms with van der Waals surface area (Å²) in [6, 6.07) is 7.73. The number of hydrogen-bond donors (Lipinski definition) is 1. The number of nitriles is 1. The van der Waals surface area contributed by atoms with Crippen molar-refractivity contribution in [2.24, 2.45) is 0 Å². The quantitative estimate of drug-likeness (QED) is 0.666.